The second kappa shape index (κ2) is 5.26. The third-order valence-electron chi connectivity index (χ3n) is 3.49. The molecule has 2 saturated heterocycles. The largest absolute Gasteiger partial charge is 0.477 e. The highest BCUT2D eigenvalue weighted by molar-refractivity contribution is 5.77. The zero-order chi connectivity index (χ0) is 15.1. The fraction of sp³-hybridized carbons (Fsp3) is 0.818. The van der Waals surface area contributed by atoms with Gasteiger partial charge in [-0.3, -0.25) is 4.79 Å². The van der Waals surface area contributed by atoms with E-state index in [-0.39, 0.29) is 0 Å². The molecule has 0 aromatic carbocycles. The summed E-state index contributed by atoms with van der Waals surface area (Å²) in [5.41, 5.74) is 0. The van der Waals surface area contributed by atoms with Crippen molar-refractivity contribution < 1.29 is 39.5 Å². The second-order valence-corrected chi connectivity index (χ2v) is 4.97. The third-order valence-corrected chi connectivity index (χ3v) is 3.49. The highest BCUT2D eigenvalue weighted by Crippen LogP contribution is 2.41. The lowest BCUT2D eigenvalue weighted by Gasteiger charge is -2.37. The maximum atomic E-state index is 11.3. The average Bonchev–Trinajstić information content (AvgIpc) is 2.70. The molecule has 0 unspecified atom stereocenters. The molecule has 0 aromatic rings. The van der Waals surface area contributed by atoms with Crippen LogP contribution in [0.1, 0.15) is 13.3 Å². The zero-order valence-corrected chi connectivity index (χ0v) is 10.7. The summed E-state index contributed by atoms with van der Waals surface area (Å²) in [6.07, 6.45) is -5.21. The Morgan fingerprint density at radius 1 is 1.45 bits per heavy atom. The van der Waals surface area contributed by atoms with Crippen molar-refractivity contribution in [3.05, 3.63) is 0 Å². The van der Waals surface area contributed by atoms with Crippen LogP contribution in [0.4, 0.5) is 0 Å². The van der Waals surface area contributed by atoms with Crippen LogP contribution in [0.3, 0.4) is 0 Å². The normalized spacial score (nSPS) is 41.2. The first-order valence-electron chi connectivity index (χ1n) is 6.14. The van der Waals surface area contributed by atoms with Crippen molar-refractivity contribution in [3.63, 3.8) is 0 Å². The number of aliphatic carboxylic acids is 1. The number of hydrogen-bond donors (Lipinski definition) is 5. The number of aliphatic hydroxyl groups is 3. The molecule has 0 saturated carbocycles. The molecule has 2 rings (SSSR count). The fourth-order valence-corrected chi connectivity index (χ4v) is 2.60. The van der Waals surface area contributed by atoms with Crippen LogP contribution in [0.25, 0.3) is 0 Å². The summed E-state index contributed by atoms with van der Waals surface area (Å²) in [4.78, 5) is 22.4. The molecule has 0 aromatic heterocycles. The molecule has 0 aliphatic carbocycles. The number of aliphatic hydroxyl groups excluding tert-OH is 3. The number of ether oxygens (including phenoxy) is 2. The van der Waals surface area contributed by atoms with E-state index in [0.717, 1.165) is 0 Å². The van der Waals surface area contributed by atoms with Crippen LogP contribution in [-0.4, -0.2) is 75.2 Å². The van der Waals surface area contributed by atoms with Crippen LogP contribution in [0.2, 0.25) is 0 Å². The van der Waals surface area contributed by atoms with Crippen molar-refractivity contribution in [2.24, 2.45) is 0 Å². The Balaban J connectivity index is 2.30. The van der Waals surface area contributed by atoms with Crippen molar-refractivity contribution in [2.45, 2.75) is 49.6 Å². The molecule has 9 heteroatoms. The van der Waals surface area contributed by atoms with E-state index in [1.165, 1.54) is 6.92 Å². The lowest BCUT2D eigenvalue weighted by atomic mass is 9.92. The van der Waals surface area contributed by atoms with Gasteiger partial charge in [0.1, 0.15) is 18.3 Å². The van der Waals surface area contributed by atoms with Crippen LogP contribution in [0.5, 0.6) is 0 Å². The van der Waals surface area contributed by atoms with Crippen molar-refractivity contribution in [1.82, 2.24) is 5.32 Å². The lowest BCUT2D eigenvalue weighted by molar-refractivity contribution is -0.234. The highest BCUT2D eigenvalue weighted by atomic mass is 16.8. The van der Waals surface area contributed by atoms with E-state index >= 15 is 0 Å². The molecule has 1 amide bonds. The van der Waals surface area contributed by atoms with E-state index in [9.17, 15) is 24.9 Å². The van der Waals surface area contributed by atoms with Crippen molar-refractivity contribution in [2.75, 3.05) is 6.61 Å². The first-order chi connectivity index (χ1) is 9.30. The Labute approximate surface area is 114 Å². The summed E-state index contributed by atoms with van der Waals surface area (Å²) in [5, 5.41) is 40.3. The molecule has 2 aliphatic rings. The average molecular weight is 291 g/mol. The van der Waals surface area contributed by atoms with E-state index in [1.54, 1.807) is 0 Å². The van der Waals surface area contributed by atoms with Crippen molar-refractivity contribution in [1.29, 1.82) is 0 Å². The van der Waals surface area contributed by atoms with Gasteiger partial charge in [-0.2, -0.15) is 0 Å². The van der Waals surface area contributed by atoms with Crippen LogP contribution >= 0.6 is 0 Å². The summed E-state index contributed by atoms with van der Waals surface area (Å²) in [6, 6.07) is -0.923. The molecule has 2 aliphatic heterocycles. The SMILES string of the molecule is CC(=O)N[C@@H]1[C@@H]2O[C@](C(=O)O)(C[C@H]1O)O[C@H]2[C@H](O)CO. The molecule has 9 nitrogen and oxygen atoms in total. The van der Waals surface area contributed by atoms with Gasteiger partial charge in [0.05, 0.1) is 18.8 Å². The minimum absolute atomic E-state index is 0.390. The molecule has 114 valence electrons. The first-order valence-corrected chi connectivity index (χ1v) is 6.14. The van der Waals surface area contributed by atoms with Gasteiger partial charge >= 0.3 is 5.97 Å². The summed E-state index contributed by atoms with van der Waals surface area (Å²) >= 11 is 0. The molecule has 0 radical (unpaired) electrons. The van der Waals surface area contributed by atoms with E-state index < -0.39 is 61.1 Å². The molecule has 2 fully saturated rings. The number of nitrogens with one attached hydrogen (secondary N) is 1. The number of rotatable bonds is 4. The van der Waals surface area contributed by atoms with Gasteiger partial charge in [-0.1, -0.05) is 0 Å². The number of carbonyl (C=O) groups is 2. The molecule has 5 N–H and O–H groups in total. The number of carboxylic acid groups (broad SMARTS) is 1. The molecule has 2 heterocycles. The van der Waals surface area contributed by atoms with Crippen LogP contribution in [0, 0.1) is 0 Å². The monoisotopic (exact) mass is 291 g/mol. The Morgan fingerprint density at radius 2 is 2.10 bits per heavy atom. The highest BCUT2D eigenvalue weighted by Gasteiger charge is 2.63. The Kier molecular flexibility index (Phi) is 3.98. The predicted octanol–water partition coefficient (Wildman–Crippen LogP) is -2.83. The standard InChI is InChI=1S/C11H17NO8/c1-4(14)12-7-5(15)2-11(10(17)18)19-8(6(16)3-13)9(7)20-11/h5-9,13,15-16H,2-3H2,1H3,(H,12,14)(H,17,18)/t5-,6-,7+,8+,9+,11+/m1/s1. The van der Waals surface area contributed by atoms with Crippen LogP contribution < -0.4 is 5.32 Å². The Hall–Kier alpha value is -1.26. The topological polar surface area (TPSA) is 146 Å². The van der Waals surface area contributed by atoms with E-state index in [4.69, 9.17) is 14.6 Å². The molecule has 0 spiro atoms. The van der Waals surface area contributed by atoms with Gasteiger partial charge in [0.15, 0.2) is 0 Å². The van der Waals surface area contributed by atoms with Crippen molar-refractivity contribution >= 4 is 11.9 Å². The molecular formula is C11H17NO8. The second-order valence-electron chi connectivity index (χ2n) is 4.97. The summed E-state index contributed by atoms with van der Waals surface area (Å²) in [7, 11) is 0. The van der Waals surface area contributed by atoms with E-state index in [1.807, 2.05) is 0 Å². The van der Waals surface area contributed by atoms with E-state index in [2.05, 4.69) is 5.32 Å². The van der Waals surface area contributed by atoms with Gasteiger partial charge in [0.2, 0.25) is 5.91 Å². The minimum atomic E-state index is -2.07. The first kappa shape index (κ1) is 15.1. The minimum Gasteiger partial charge on any atom is -0.477 e. The van der Waals surface area contributed by atoms with Gasteiger partial charge in [-0.15, -0.1) is 0 Å². The number of carbonyl (C=O) groups excluding carboxylic acids is 1. The Bertz CT molecular complexity index is 415. The molecule has 2 bridgehead atoms. The predicted molar refractivity (Wildman–Crippen MR) is 61.4 cm³/mol. The summed E-state index contributed by atoms with van der Waals surface area (Å²) < 4.78 is 10.5. The number of hydrogen-bond acceptors (Lipinski definition) is 7. The Morgan fingerprint density at radius 3 is 2.60 bits per heavy atom. The quantitative estimate of drug-likeness (QED) is 0.373. The summed E-state index contributed by atoms with van der Waals surface area (Å²) in [6.45, 7) is 0.572. The van der Waals surface area contributed by atoms with Crippen molar-refractivity contribution in [3.8, 4) is 0 Å². The lowest BCUT2D eigenvalue weighted by Crippen LogP contribution is -2.60. The van der Waals surface area contributed by atoms with Crippen LogP contribution in [-0.2, 0) is 19.1 Å². The van der Waals surface area contributed by atoms with Gasteiger partial charge in [0, 0.05) is 13.3 Å². The molecule has 6 atom stereocenters. The van der Waals surface area contributed by atoms with E-state index in [0.29, 0.717) is 0 Å². The van der Waals surface area contributed by atoms with Gasteiger partial charge in [-0.05, 0) is 0 Å². The van der Waals surface area contributed by atoms with Gasteiger partial charge in [0.25, 0.3) is 5.79 Å². The number of amides is 1. The van der Waals surface area contributed by atoms with Crippen LogP contribution in [0.15, 0.2) is 0 Å². The fourth-order valence-electron chi connectivity index (χ4n) is 2.60. The maximum absolute atomic E-state index is 11.3. The molecule has 20 heavy (non-hydrogen) atoms. The van der Waals surface area contributed by atoms with Gasteiger partial charge in [-0.25, -0.2) is 4.79 Å². The van der Waals surface area contributed by atoms with Gasteiger partial charge < -0.3 is 35.2 Å². The smallest absolute Gasteiger partial charge is 0.364 e. The number of fused-ring (bicyclic) bond motifs is 2. The third kappa shape index (κ3) is 2.38. The zero-order valence-electron chi connectivity index (χ0n) is 10.7. The maximum Gasteiger partial charge on any atom is 0.364 e. The molecular weight excluding hydrogens is 274 g/mol. The number of carboxylic acids is 1. The summed E-state index contributed by atoms with van der Waals surface area (Å²) in [5.74, 6) is -3.94.